The number of hydrogen-bond donors (Lipinski definition) is 1. The highest BCUT2D eigenvalue weighted by atomic mass is 19.1. The number of phenolic OH excluding ortho intramolecular Hbond substituents is 1. The second-order valence-corrected chi connectivity index (χ2v) is 5.25. The lowest BCUT2D eigenvalue weighted by Gasteiger charge is -2.06. The SMILES string of the molecule is O=CCCCCCCCCCCOc1ccc(O)c(F)c1. The van der Waals surface area contributed by atoms with Gasteiger partial charge >= 0.3 is 0 Å². The smallest absolute Gasteiger partial charge is 0.168 e. The maximum absolute atomic E-state index is 13.1. The number of hydrogen-bond acceptors (Lipinski definition) is 3. The topological polar surface area (TPSA) is 46.5 Å². The Morgan fingerprint density at radius 1 is 1.00 bits per heavy atom. The van der Waals surface area contributed by atoms with E-state index < -0.39 is 5.82 Å². The zero-order valence-electron chi connectivity index (χ0n) is 12.5. The number of phenols is 1. The quantitative estimate of drug-likeness (QED) is 0.452. The van der Waals surface area contributed by atoms with Gasteiger partial charge < -0.3 is 14.6 Å². The Balaban J connectivity index is 1.92. The monoisotopic (exact) mass is 296 g/mol. The van der Waals surface area contributed by atoms with Gasteiger partial charge in [-0.1, -0.05) is 38.5 Å². The summed E-state index contributed by atoms with van der Waals surface area (Å²) in [4.78, 5) is 10.1. The zero-order chi connectivity index (χ0) is 15.3. The van der Waals surface area contributed by atoms with Crippen molar-refractivity contribution in [3.05, 3.63) is 24.0 Å². The standard InChI is InChI=1S/C17H25FO3/c18-16-14-15(10-11-17(16)20)21-13-9-7-5-3-1-2-4-6-8-12-19/h10-12,14,20H,1-9,13H2. The van der Waals surface area contributed by atoms with E-state index in [9.17, 15) is 9.18 Å². The molecule has 0 atom stereocenters. The first-order valence-electron chi connectivity index (χ1n) is 7.79. The molecule has 0 bridgehead atoms. The third kappa shape index (κ3) is 8.33. The molecule has 1 aromatic carbocycles. The molecule has 0 aliphatic carbocycles. The van der Waals surface area contributed by atoms with Crippen LogP contribution in [-0.2, 0) is 4.79 Å². The van der Waals surface area contributed by atoms with Gasteiger partial charge in [0, 0.05) is 12.5 Å². The number of halogens is 1. The Morgan fingerprint density at radius 3 is 2.24 bits per heavy atom. The van der Waals surface area contributed by atoms with Crippen LogP contribution in [0.25, 0.3) is 0 Å². The van der Waals surface area contributed by atoms with Crippen molar-refractivity contribution < 1.29 is 19.0 Å². The van der Waals surface area contributed by atoms with Crippen molar-refractivity contribution >= 4 is 6.29 Å². The van der Waals surface area contributed by atoms with E-state index in [1.165, 1.54) is 37.8 Å². The van der Waals surface area contributed by atoms with Crippen molar-refractivity contribution in [3.8, 4) is 11.5 Å². The lowest BCUT2D eigenvalue weighted by Crippen LogP contribution is -1.97. The summed E-state index contributed by atoms with van der Waals surface area (Å²) in [5.74, 6) is -0.543. The summed E-state index contributed by atoms with van der Waals surface area (Å²) in [6.07, 6.45) is 10.7. The van der Waals surface area contributed by atoms with Gasteiger partial charge in [-0.15, -0.1) is 0 Å². The predicted molar refractivity (Wildman–Crippen MR) is 81.2 cm³/mol. The van der Waals surface area contributed by atoms with E-state index in [-0.39, 0.29) is 5.75 Å². The molecule has 0 heterocycles. The molecule has 0 radical (unpaired) electrons. The first kappa shape index (κ1) is 17.5. The lowest BCUT2D eigenvalue weighted by atomic mass is 10.1. The summed E-state index contributed by atoms with van der Waals surface area (Å²) in [7, 11) is 0. The summed E-state index contributed by atoms with van der Waals surface area (Å²) < 4.78 is 18.5. The molecule has 0 unspecified atom stereocenters. The Morgan fingerprint density at radius 2 is 1.62 bits per heavy atom. The Bertz CT molecular complexity index is 407. The van der Waals surface area contributed by atoms with Gasteiger partial charge in [-0.05, 0) is 25.0 Å². The van der Waals surface area contributed by atoms with E-state index in [0.717, 1.165) is 32.0 Å². The van der Waals surface area contributed by atoms with Crippen molar-refractivity contribution in [2.45, 2.75) is 57.8 Å². The number of carbonyl (C=O) groups is 1. The molecular weight excluding hydrogens is 271 g/mol. The molecule has 0 amide bonds. The van der Waals surface area contributed by atoms with Crippen LogP contribution in [0.2, 0.25) is 0 Å². The van der Waals surface area contributed by atoms with Crippen LogP contribution in [0.4, 0.5) is 4.39 Å². The van der Waals surface area contributed by atoms with E-state index in [0.29, 0.717) is 18.8 Å². The summed E-state index contributed by atoms with van der Waals surface area (Å²) in [6, 6.07) is 4.07. The maximum atomic E-state index is 13.1. The van der Waals surface area contributed by atoms with Crippen molar-refractivity contribution in [3.63, 3.8) is 0 Å². The van der Waals surface area contributed by atoms with Crippen molar-refractivity contribution in [2.75, 3.05) is 6.61 Å². The van der Waals surface area contributed by atoms with Crippen LogP contribution in [0.15, 0.2) is 18.2 Å². The van der Waals surface area contributed by atoms with E-state index >= 15 is 0 Å². The van der Waals surface area contributed by atoms with Gasteiger partial charge in [0.2, 0.25) is 0 Å². The normalized spacial score (nSPS) is 10.5. The summed E-state index contributed by atoms with van der Waals surface area (Å²) in [5, 5.41) is 9.06. The average Bonchev–Trinajstić information content (AvgIpc) is 2.48. The summed E-state index contributed by atoms with van der Waals surface area (Å²) in [6.45, 7) is 0.573. The number of unbranched alkanes of at least 4 members (excludes halogenated alkanes) is 8. The minimum Gasteiger partial charge on any atom is -0.505 e. The van der Waals surface area contributed by atoms with Crippen LogP contribution < -0.4 is 4.74 Å². The van der Waals surface area contributed by atoms with E-state index in [1.54, 1.807) is 6.07 Å². The number of carbonyl (C=O) groups excluding carboxylic acids is 1. The molecule has 3 nitrogen and oxygen atoms in total. The zero-order valence-corrected chi connectivity index (χ0v) is 12.5. The van der Waals surface area contributed by atoms with E-state index in [2.05, 4.69) is 0 Å². The molecule has 0 saturated heterocycles. The Hall–Kier alpha value is -1.58. The van der Waals surface area contributed by atoms with Crippen LogP contribution in [0.5, 0.6) is 11.5 Å². The van der Waals surface area contributed by atoms with Gasteiger partial charge in [0.25, 0.3) is 0 Å². The fourth-order valence-corrected chi connectivity index (χ4v) is 2.16. The van der Waals surface area contributed by atoms with Crippen LogP contribution in [-0.4, -0.2) is 18.0 Å². The molecule has 1 aromatic rings. The third-order valence-corrected chi connectivity index (χ3v) is 3.40. The van der Waals surface area contributed by atoms with Gasteiger partial charge in [0.05, 0.1) is 6.61 Å². The van der Waals surface area contributed by atoms with Crippen LogP contribution in [0.3, 0.4) is 0 Å². The first-order chi connectivity index (χ1) is 10.2. The van der Waals surface area contributed by atoms with Gasteiger partial charge in [-0.2, -0.15) is 0 Å². The third-order valence-electron chi connectivity index (χ3n) is 3.40. The highest BCUT2D eigenvalue weighted by Gasteiger charge is 2.02. The molecule has 4 heteroatoms. The molecule has 0 saturated carbocycles. The second-order valence-electron chi connectivity index (χ2n) is 5.25. The predicted octanol–water partition coefficient (Wildman–Crippen LogP) is 4.62. The Labute approximate surface area is 126 Å². The van der Waals surface area contributed by atoms with Crippen LogP contribution in [0, 0.1) is 5.82 Å². The molecule has 0 aromatic heterocycles. The molecule has 0 fully saturated rings. The molecule has 1 rings (SSSR count). The molecule has 21 heavy (non-hydrogen) atoms. The van der Waals surface area contributed by atoms with Crippen molar-refractivity contribution in [2.24, 2.45) is 0 Å². The van der Waals surface area contributed by atoms with Gasteiger partial charge in [-0.3, -0.25) is 0 Å². The number of rotatable bonds is 12. The maximum Gasteiger partial charge on any atom is 0.168 e. The number of ether oxygens (including phenoxy) is 1. The van der Waals surface area contributed by atoms with Gasteiger partial charge in [0.1, 0.15) is 12.0 Å². The fraction of sp³-hybridized carbons (Fsp3) is 0.588. The molecule has 1 N–H and O–H groups in total. The molecule has 0 aliphatic rings. The minimum absolute atomic E-state index is 0.351. The largest absolute Gasteiger partial charge is 0.505 e. The van der Waals surface area contributed by atoms with Crippen LogP contribution >= 0.6 is 0 Å². The first-order valence-corrected chi connectivity index (χ1v) is 7.79. The summed E-state index contributed by atoms with van der Waals surface area (Å²) in [5.41, 5.74) is 0. The highest BCUT2D eigenvalue weighted by Crippen LogP contribution is 2.21. The Kier molecular flexibility index (Phi) is 9.25. The molecular formula is C17H25FO3. The van der Waals surface area contributed by atoms with Gasteiger partial charge in [-0.25, -0.2) is 4.39 Å². The molecule has 0 spiro atoms. The van der Waals surface area contributed by atoms with E-state index in [1.807, 2.05) is 0 Å². The summed E-state index contributed by atoms with van der Waals surface area (Å²) >= 11 is 0. The average molecular weight is 296 g/mol. The number of aldehydes is 1. The lowest BCUT2D eigenvalue weighted by molar-refractivity contribution is -0.107. The molecule has 0 aliphatic heterocycles. The minimum atomic E-state index is -0.651. The number of aromatic hydroxyl groups is 1. The van der Waals surface area contributed by atoms with E-state index in [4.69, 9.17) is 9.84 Å². The van der Waals surface area contributed by atoms with Crippen LogP contribution in [0.1, 0.15) is 57.8 Å². The fourth-order valence-electron chi connectivity index (χ4n) is 2.16. The highest BCUT2D eigenvalue weighted by molar-refractivity contribution is 5.48. The van der Waals surface area contributed by atoms with Crippen molar-refractivity contribution in [1.29, 1.82) is 0 Å². The second kappa shape index (κ2) is 11.1. The number of benzene rings is 1. The van der Waals surface area contributed by atoms with Gasteiger partial charge in [0.15, 0.2) is 11.6 Å². The van der Waals surface area contributed by atoms with Crippen molar-refractivity contribution in [1.82, 2.24) is 0 Å². The molecule has 118 valence electrons.